The van der Waals surface area contributed by atoms with E-state index in [1.54, 1.807) is 0 Å². The molecule has 2 heterocycles. The Morgan fingerprint density at radius 1 is 0.326 bits per heavy atom. The normalized spacial score (nSPS) is 11.5. The minimum Gasteiger partial charge on any atom is -0.264 e. The van der Waals surface area contributed by atoms with E-state index in [1.165, 1.54) is 60.8 Å². The summed E-state index contributed by atoms with van der Waals surface area (Å²) in [6.07, 6.45) is 5.74. The molecule has 2 aromatic heterocycles. The minimum atomic E-state index is 0.938. The largest absolute Gasteiger partial charge is 0.264 e. The molecule has 2 nitrogen and oxygen atoms in total. The van der Waals surface area contributed by atoms with Crippen LogP contribution in [0.3, 0.4) is 0 Å². The van der Waals surface area contributed by atoms with Crippen molar-refractivity contribution < 1.29 is 0 Å². The Labute approximate surface area is 268 Å². The lowest BCUT2D eigenvalue weighted by molar-refractivity contribution is 1.31. The Morgan fingerprint density at radius 2 is 0.891 bits per heavy atom. The maximum Gasteiger partial charge on any atom is 0.0714 e. The van der Waals surface area contributed by atoms with Gasteiger partial charge in [0.2, 0.25) is 0 Å². The first-order chi connectivity index (χ1) is 22.9. The van der Waals surface area contributed by atoms with E-state index in [-0.39, 0.29) is 0 Å². The van der Waals surface area contributed by atoms with Crippen molar-refractivity contribution in [2.45, 2.75) is 0 Å². The van der Waals surface area contributed by atoms with E-state index in [4.69, 9.17) is 4.98 Å². The van der Waals surface area contributed by atoms with Crippen LogP contribution in [0.2, 0.25) is 0 Å². The first-order valence-corrected chi connectivity index (χ1v) is 15.7. The summed E-state index contributed by atoms with van der Waals surface area (Å²) in [6, 6.07) is 54.3. The number of hydrogen-bond acceptors (Lipinski definition) is 2. The van der Waals surface area contributed by atoms with Gasteiger partial charge >= 0.3 is 0 Å². The molecule has 0 N–H and O–H groups in total. The SMILES string of the molecule is c1ccc(-c2c(-c3cccnc3)c(-c3ccccn3)c(-c3ccccc3)c3c2-c2cccc4c(-c5ccccc5)ccc-3c24)cc1. The molecule has 8 aromatic rings. The topological polar surface area (TPSA) is 25.8 Å². The van der Waals surface area contributed by atoms with Crippen molar-refractivity contribution in [3.8, 4) is 78.0 Å². The second kappa shape index (κ2) is 10.8. The molecule has 0 fully saturated rings. The number of fused-ring (bicyclic) bond motifs is 3. The summed E-state index contributed by atoms with van der Waals surface area (Å²) in [5.41, 5.74) is 16.5. The highest BCUT2D eigenvalue weighted by Crippen LogP contribution is 2.61. The van der Waals surface area contributed by atoms with Gasteiger partial charge < -0.3 is 0 Å². The highest BCUT2D eigenvalue weighted by molar-refractivity contribution is 6.27. The Bertz CT molecular complexity index is 2250. The van der Waals surface area contributed by atoms with Gasteiger partial charge in [0, 0.05) is 40.8 Å². The Balaban J connectivity index is 1.54. The highest BCUT2D eigenvalue weighted by Gasteiger charge is 2.34. The molecule has 0 saturated heterocycles. The van der Waals surface area contributed by atoms with Crippen LogP contribution in [0.5, 0.6) is 0 Å². The summed E-state index contributed by atoms with van der Waals surface area (Å²) in [5.74, 6) is 0. The molecular formula is C44H28N2. The fourth-order valence-electron chi connectivity index (χ4n) is 7.33. The molecule has 0 unspecified atom stereocenters. The molecule has 0 saturated carbocycles. The molecule has 0 radical (unpaired) electrons. The molecule has 2 heteroatoms. The standard InChI is InChI=1S/C44H28N2/c1-4-14-29(15-5-1)33-24-25-36-41-34(33)21-12-22-35(41)42-38(30-16-6-2-7-17-30)40(32-20-13-26-45-28-32)44(37-23-10-11-27-46-37)39(43(36)42)31-18-8-3-9-19-31/h1-28H. The zero-order chi connectivity index (χ0) is 30.5. The van der Waals surface area contributed by atoms with Crippen molar-refractivity contribution in [2.24, 2.45) is 0 Å². The number of rotatable bonds is 5. The molecule has 1 aliphatic carbocycles. The fourth-order valence-corrected chi connectivity index (χ4v) is 7.33. The Kier molecular flexibility index (Phi) is 6.17. The number of aromatic nitrogens is 2. The van der Waals surface area contributed by atoms with Gasteiger partial charge in [-0.1, -0.05) is 133 Å². The lowest BCUT2D eigenvalue weighted by Gasteiger charge is -2.25. The third-order valence-electron chi connectivity index (χ3n) is 9.16. The van der Waals surface area contributed by atoms with Gasteiger partial charge in [0.1, 0.15) is 0 Å². The Hall–Kier alpha value is -6.12. The van der Waals surface area contributed by atoms with Crippen molar-refractivity contribution in [1.82, 2.24) is 9.97 Å². The predicted octanol–water partition coefficient (Wildman–Crippen LogP) is 11.6. The number of benzene rings is 6. The summed E-state index contributed by atoms with van der Waals surface area (Å²) in [4.78, 5) is 9.64. The van der Waals surface area contributed by atoms with E-state index >= 15 is 0 Å². The van der Waals surface area contributed by atoms with Gasteiger partial charge in [0.25, 0.3) is 0 Å². The monoisotopic (exact) mass is 584 g/mol. The van der Waals surface area contributed by atoms with Crippen molar-refractivity contribution in [2.75, 3.05) is 0 Å². The second-order valence-electron chi connectivity index (χ2n) is 11.7. The predicted molar refractivity (Wildman–Crippen MR) is 191 cm³/mol. The fraction of sp³-hybridized carbons (Fsp3) is 0. The molecule has 0 amide bonds. The van der Waals surface area contributed by atoms with Gasteiger partial charge in [0.15, 0.2) is 0 Å². The van der Waals surface area contributed by atoms with E-state index in [9.17, 15) is 0 Å². The van der Waals surface area contributed by atoms with Crippen molar-refractivity contribution >= 4 is 10.8 Å². The van der Waals surface area contributed by atoms with Crippen LogP contribution in [0.25, 0.3) is 88.8 Å². The summed E-state index contributed by atoms with van der Waals surface area (Å²) < 4.78 is 0. The lowest BCUT2D eigenvalue weighted by Crippen LogP contribution is -2.00. The Morgan fingerprint density at radius 3 is 1.52 bits per heavy atom. The minimum absolute atomic E-state index is 0.938. The van der Waals surface area contributed by atoms with Crippen LogP contribution in [-0.4, -0.2) is 9.97 Å². The third-order valence-corrected chi connectivity index (χ3v) is 9.16. The molecule has 0 atom stereocenters. The van der Waals surface area contributed by atoms with Crippen molar-refractivity contribution in [3.05, 3.63) is 170 Å². The first kappa shape index (κ1) is 26.3. The summed E-state index contributed by atoms with van der Waals surface area (Å²) in [6.45, 7) is 0. The smallest absolute Gasteiger partial charge is 0.0714 e. The van der Waals surface area contributed by atoms with Gasteiger partial charge in [-0.2, -0.15) is 0 Å². The van der Waals surface area contributed by atoms with E-state index < -0.39 is 0 Å². The maximum absolute atomic E-state index is 5.01. The van der Waals surface area contributed by atoms with Gasteiger partial charge in [-0.25, -0.2) is 0 Å². The number of nitrogens with zero attached hydrogens (tertiary/aromatic N) is 2. The van der Waals surface area contributed by atoms with E-state index in [0.717, 1.165) is 27.9 Å². The average molecular weight is 585 g/mol. The summed E-state index contributed by atoms with van der Waals surface area (Å²) >= 11 is 0. The molecule has 214 valence electrons. The molecule has 46 heavy (non-hydrogen) atoms. The molecule has 0 bridgehead atoms. The third kappa shape index (κ3) is 4.04. The average Bonchev–Trinajstić information content (AvgIpc) is 3.47. The number of pyridine rings is 2. The summed E-state index contributed by atoms with van der Waals surface area (Å²) in [7, 11) is 0. The van der Waals surface area contributed by atoms with E-state index in [0.29, 0.717) is 0 Å². The number of hydrogen-bond donors (Lipinski definition) is 0. The second-order valence-corrected chi connectivity index (χ2v) is 11.7. The zero-order valence-corrected chi connectivity index (χ0v) is 25.1. The van der Waals surface area contributed by atoms with Crippen LogP contribution >= 0.6 is 0 Å². The van der Waals surface area contributed by atoms with Crippen LogP contribution in [-0.2, 0) is 0 Å². The van der Waals surface area contributed by atoms with Gasteiger partial charge in [0.05, 0.1) is 5.69 Å². The van der Waals surface area contributed by atoms with Gasteiger partial charge in [-0.05, 0) is 79.0 Å². The highest BCUT2D eigenvalue weighted by atomic mass is 14.7. The molecule has 9 rings (SSSR count). The van der Waals surface area contributed by atoms with Crippen LogP contribution in [0, 0.1) is 0 Å². The van der Waals surface area contributed by atoms with Crippen LogP contribution in [0.1, 0.15) is 0 Å². The molecule has 1 aliphatic rings. The first-order valence-electron chi connectivity index (χ1n) is 15.7. The van der Waals surface area contributed by atoms with Crippen molar-refractivity contribution in [3.63, 3.8) is 0 Å². The quantitative estimate of drug-likeness (QED) is 0.201. The maximum atomic E-state index is 5.01. The molecule has 0 aliphatic heterocycles. The van der Waals surface area contributed by atoms with E-state index in [1.807, 2.05) is 30.7 Å². The van der Waals surface area contributed by atoms with Gasteiger partial charge in [-0.15, -0.1) is 0 Å². The van der Waals surface area contributed by atoms with Crippen LogP contribution in [0.4, 0.5) is 0 Å². The van der Waals surface area contributed by atoms with Crippen molar-refractivity contribution in [1.29, 1.82) is 0 Å². The molecule has 0 spiro atoms. The van der Waals surface area contributed by atoms with E-state index in [2.05, 4.69) is 145 Å². The van der Waals surface area contributed by atoms with Crippen LogP contribution < -0.4 is 0 Å². The van der Waals surface area contributed by atoms with Gasteiger partial charge in [-0.3, -0.25) is 9.97 Å². The molecular weight excluding hydrogens is 556 g/mol. The van der Waals surface area contributed by atoms with Crippen LogP contribution in [0.15, 0.2) is 170 Å². The zero-order valence-electron chi connectivity index (χ0n) is 25.1. The lowest BCUT2D eigenvalue weighted by atomic mass is 9.77. The molecule has 6 aromatic carbocycles. The summed E-state index contributed by atoms with van der Waals surface area (Å²) in [5, 5.41) is 2.56.